The van der Waals surface area contributed by atoms with E-state index < -0.39 is 0 Å². The zero-order valence-corrected chi connectivity index (χ0v) is 12.2. The van der Waals surface area contributed by atoms with Gasteiger partial charge in [0.15, 0.2) is 0 Å². The lowest BCUT2D eigenvalue weighted by Gasteiger charge is -2.32. The molecule has 4 aliphatic carbocycles. The summed E-state index contributed by atoms with van der Waals surface area (Å²) >= 11 is 0. The Bertz CT molecular complexity index is 340. The zero-order chi connectivity index (χ0) is 12.4. The zero-order valence-electron chi connectivity index (χ0n) is 12.2. The highest BCUT2D eigenvalue weighted by atomic mass is 15.0. The van der Waals surface area contributed by atoms with Crippen molar-refractivity contribution in [3.05, 3.63) is 0 Å². The van der Waals surface area contributed by atoms with Crippen LogP contribution in [-0.4, -0.2) is 12.6 Å². The van der Waals surface area contributed by atoms with Crippen molar-refractivity contribution in [3.8, 4) is 0 Å². The van der Waals surface area contributed by atoms with Crippen LogP contribution in [0.5, 0.6) is 0 Å². The highest BCUT2D eigenvalue weighted by Crippen LogP contribution is 2.76. The van der Waals surface area contributed by atoms with Gasteiger partial charge in [0.1, 0.15) is 0 Å². The van der Waals surface area contributed by atoms with Crippen LogP contribution in [-0.2, 0) is 0 Å². The third-order valence-corrected chi connectivity index (χ3v) is 7.04. The maximum atomic E-state index is 3.81. The van der Waals surface area contributed by atoms with Crippen molar-refractivity contribution in [1.82, 2.24) is 5.32 Å². The molecule has 0 aromatic heterocycles. The van der Waals surface area contributed by atoms with Crippen LogP contribution in [0.2, 0.25) is 0 Å². The highest BCUT2D eigenvalue weighted by Gasteiger charge is 2.70. The summed E-state index contributed by atoms with van der Waals surface area (Å²) in [4.78, 5) is 0. The number of rotatable bonds is 4. The summed E-state index contributed by atoms with van der Waals surface area (Å²) < 4.78 is 0. The molecular formula is C17H29N. The van der Waals surface area contributed by atoms with Gasteiger partial charge >= 0.3 is 0 Å². The lowest BCUT2D eigenvalue weighted by Crippen LogP contribution is -2.25. The van der Waals surface area contributed by atoms with Crippen LogP contribution in [0.1, 0.15) is 65.2 Å². The predicted octanol–water partition coefficient (Wildman–Crippen LogP) is 3.98. The molecule has 0 bridgehead atoms. The molecule has 0 amide bonds. The summed E-state index contributed by atoms with van der Waals surface area (Å²) in [6.45, 7) is 6.43. The fourth-order valence-corrected chi connectivity index (χ4v) is 5.31. The first-order chi connectivity index (χ1) is 8.63. The van der Waals surface area contributed by atoms with Gasteiger partial charge in [-0.15, -0.1) is 0 Å². The molecule has 4 rings (SSSR count). The van der Waals surface area contributed by atoms with Crippen LogP contribution in [0.3, 0.4) is 0 Å². The normalized spacial score (nSPS) is 46.3. The fraction of sp³-hybridized carbons (Fsp3) is 1.00. The molecule has 1 spiro atoms. The Morgan fingerprint density at radius 1 is 1.00 bits per heavy atom. The van der Waals surface area contributed by atoms with Crippen molar-refractivity contribution in [1.29, 1.82) is 0 Å². The summed E-state index contributed by atoms with van der Waals surface area (Å²) in [6.07, 6.45) is 12.1. The molecule has 1 heteroatoms. The second kappa shape index (κ2) is 3.75. The molecular weight excluding hydrogens is 218 g/mol. The largest absolute Gasteiger partial charge is 0.314 e. The van der Waals surface area contributed by atoms with Gasteiger partial charge in [0.2, 0.25) is 0 Å². The molecule has 4 aliphatic rings. The molecule has 0 aromatic rings. The molecule has 4 fully saturated rings. The SMILES string of the molecule is CC1(C)C(CNC2CC2)C12CCCC(C1CC1)C2. The van der Waals surface area contributed by atoms with Crippen LogP contribution in [0, 0.1) is 28.6 Å². The molecule has 0 aromatic carbocycles. The number of hydrogen-bond donors (Lipinski definition) is 1. The average molecular weight is 247 g/mol. The third-order valence-electron chi connectivity index (χ3n) is 7.04. The smallest absolute Gasteiger partial charge is 0.00683 e. The Kier molecular flexibility index (Phi) is 2.45. The molecule has 0 aliphatic heterocycles. The topological polar surface area (TPSA) is 12.0 Å². The second-order valence-corrected chi connectivity index (χ2v) is 8.31. The number of hydrogen-bond acceptors (Lipinski definition) is 1. The Morgan fingerprint density at radius 2 is 1.78 bits per heavy atom. The minimum atomic E-state index is 0.627. The fourth-order valence-electron chi connectivity index (χ4n) is 5.31. The van der Waals surface area contributed by atoms with E-state index in [4.69, 9.17) is 0 Å². The molecule has 102 valence electrons. The van der Waals surface area contributed by atoms with E-state index in [1.165, 1.54) is 32.2 Å². The predicted molar refractivity (Wildman–Crippen MR) is 75.4 cm³/mol. The van der Waals surface area contributed by atoms with E-state index in [0.717, 1.165) is 29.2 Å². The van der Waals surface area contributed by atoms with E-state index in [1.807, 2.05) is 0 Å². The summed E-state index contributed by atoms with van der Waals surface area (Å²) in [5.41, 5.74) is 1.36. The van der Waals surface area contributed by atoms with E-state index in [2.05, 4.69) is 19.2 Å². The van der Waals surface area contributed by atoms with Gasteiger partial charge in [-0.25, -0.2) is 0 Å². The first-order valence-corrected chi connectivity index (χ1v) is 8.37. The molecule has 0 heterocycles. The van der Waals surface area contributed by atoms with E-state index in [9.17, 15) is 0 Å². The Labute approximate surface area is 112 Å². The van der Waals surface area contributed by atoms with Gasteiger partial charge in [0.25, 0.3) is 0 Å². The Hall–Kier alpha value is -0.0400. The van der Waals surface area contributed by atoms with Gasteiger partial charge in [0, 0.05) is 6.04 Å². The van der Waals surface area contributed by atoms with Gasteiger partial charge in [0.05, 0.1) is 0 Å². The van der Waals surface area contributed by atoms with E-state index in [-0.39, 0.29) is 0 Å². The van der Waals surface area contributed by atoms with E-state index in [1.54, 1.807) is 25.7 Å². The first-order valence-electron chi connectivity index (χ1n) is 8.37. The maximum Gasteiger partial charge on any atom is 0.00683 e. The third kappa shape index (κ3) is 1.69. The van der Waals surface area contributed by atoms with Crippen molar-refractivity contribution in [2.75, 3.05) is 6.54 Å². The van der Waals surface area contributed by atoms with Crippen LogP contribution >= 0.6 is 0 Å². The first kappa shape index (κ1) is 11.8. The van der Waals surface area contributed by atoms with Crippen molar-refractivity contribution < 1.29 is 0 Å². The minimum Gasteiger partial charge on any atom is -0.314 e. The molecule has 18 heavy (non-hydrogen) atoms. The molecule has 3 unspecified atom stereocenters. The summed E-state index contributed by atoms with van der Waals surface area (Å²) in [5, 5.41) is 3.81. The molecule has 1 nitrogen and oxygen atoms in total. The lowest BCUT2D eigenvalue weighted by atomic mass is 9.73. The van der Waals surface area contributed by atoms with Crippen molar-refractivity contribution >= 4 is 0 Å². The molecule has 3 atom stereocenters. The van der Waals surface area contributed by atoms with Crippen LogP contribution in [0.15, 0.2) is 0 Å². The van der Waals surface area contributed by atoms with Crippen LogP contribution < -0.4 is 5.32 Å². The number of nitrogens with one attached hydrogen (secondary N) is 1. The molecule has 1 N–H and O–H groups in total. The van der Waals surface area contributed by atoms with Crippen molar-refractivity contribution in [2.45, 2.75) is 71.3 Å². The quantitative estimate of drug-likeness (QED) is 0.792. The summed E-state index contributed by atoms with van der Waals surface area (Å²) in [5.74, 6) is 3.21. The van der Waals surface area contributed by atoms with Gasteiger partial charge in [-0.1, -0.05) is 26.7 Å². The summed E-state index contributed by atoms with van der Waals surface area (Å²) in [6, 6.07) is 0.890. The van der Waals surface area contributed by atoms with Crippen LogP contribution in [0.4, 0.5) is 0 Å². The maximum absolute atomic E-state index is 3.81. The van der Waals surface area contributed by atoms with Gasteiger partial charge < -0.3 is 5.32 Å². The molecule has 0 saturated heterocycles. The highest BCUT2D eigenvalue weighted by molar-refractivity contribution is 5.19. The Balaban J connectivity index is 1.44. The van der Waals surface area contributed by atoms with Crippen molar-refractivity contribution in [3.63, 3.8) is 0 Å². The van der Waals surface area contributed by atoms with Gasteiger partial charge in [-0.3, -0.25) is 0 Å². The lowest BCUT2D eigenvalue weighted by molar-refractivity contribution is 0.181. The van der Waals surface area contributed by atoms with Crippen LogP contribution in [0.25, 0.3) is 0 Å². The summed E-state index contributed by atoms with van der Waals surface area (Å²) in [7, 11) is 0. The monoisotopic (exact) mass is 247 g/mol. The Morgan fingerprint density at radius 3 is 2.44 bits per heavy atom. The van der Waals surface area contributed by atoms with E-state index in [0.29, 0.717) is 5.41 Å². The molecule has 0 radical (unpaired) electrons. The van der Waals surface area contributed by atoms with Gasteiger partial charge in [-0.2, -0.15) is 0 Å². The minimum absolute atomic E-state index is 0.627. The molecule has 4 saturated carbocycles. The average Bonchev–Trinajstić information content (AvgIpc) is 3.20. The van der Waals surface area contributed by atoms with Crippen molar-refractivity contribution in [2.24, 2.45) is 28.6 Å². The van der Waals surface area contributed by atoms with E-state index >= 15 is 0 Å². The standard InChI is InChI=1S/C17H29N/c1-16(2)15(11-18-14-7-8-14)17(16)9-3-4-13(10-17)12-5-6-12/h12-15,18H,3-11H2,1-2H3. The van der Waals surface area contributed by atoms with Gasteiger partial charge in [-0.05, 0) is 73.7 Å². The second-order valence-electron chi connectivity index (χ2n) is 8.31.